The molecule has 0 saturated heterocycles. The van der Waals surface area contributed by atoms with E-state index < -0.39 is 0 Å². The van der Waals surface area contributed by atoms with E-state index in [0.717, 1.165) is 5.69 Å². The van der Waals surface area contributed by atoms with E-state index in [-0.39, 0.29) is 18.2 Å². The number of amides is 1. The van der Waals surface area contributed by atoms with Crippen molar-refractivity contribution in [3.63, 3.8) is 0 Å². The summed E-state index contributed by atoms with van der Waals surface area (Å²) in [7, 11) is 0. The second-order valence-corrected chi connectivity index (χ2v) is 4.26. The molecule has 0 aromatic carbocycles. The molecule has 5 nitrogen and oxygen atoms in total. The standard InChI is InChI=1S/C14H15N3O2/c1-10-12(11(2)18)6-8-17(10)9-14(19)16-13-5-3-4-7-15-13/h3-8H,9H2,1-2H3,(H,15,16,19). The third-order valence-electron chi connectivity index (χ3n) is 2.87. The predicted molar refractivity (Wildman–Crippen MR) is 72.0 cm³/mol. The summed E-state index contributed by atoms with van der Waals surface area (Å²) in [5, 5.41) is 2.70. The maximum Gasteiger partial charge on any atom is 0.245 e. The minimum Gasteiger partial charge on any atom is -0.342 e. The van der Waals surface area contributed by atoms with Crippen LogP contribution < -0.4 is 5.32 Å². The van der Waals surface area contributed by atoms with Crippen molar-refractivity contribution in [1.29, 1.82) is 0 Å². The number of hydrogen-bond acceptors (Lipinski definition) is 3. The molecule has 1 amide bonds. The number of rotatable bonds is 4. The minimum atomic E-state index is -0.174. The SMILES string of the molecule is CC(=O)c1ccn(CC(=O)Nc2ccccn2)c1C. The average Bonchev–Trinajstić information content (AvgIpc) is 2.72. The van der Waals surface area contributed by atoms with Crippen LogP contribution in [0.15, 0.2) is 36.7 Å². The lowest BCUT2D eigenvalue weighted by atomic mass is 10.2. The molecule has 0 radical (unpaired) electrons. The van der Waals surface area contributed by atoms with Gasteiger partial charge in [0.1, 0.15) is 12.4 Å². The van der Waals surface area contributed by atoms with Crippen LogP contribution >= 0.6 is 0 Å². The van der Waals surface area contributed by atoms with Crippen LogP contribution in [0.25, 0.3) is 0 Å². The summed E-state index contributed by atoms with van der Waals surface area (Å²) < 4.78 is 1.75. The second kappa shape index (κ2) is 5.48. The van der Waals surface area contributed by atoms with Gasteiger partial charge in [0, 0.05) is 23.7 Å². The maximum absolute atomic E-state index is 11.9. The van der Waals surface area contributed by atoms with Gasteiger partial charge in [-0.3, -0.25) is 9.59 Å². The molecule has 0 aliphatic rings. The van der Waals surface area contributed by atoms with Gasteiger partial charge in [0.2, 0.25) is 5.91 Å². The molecule has 2 aromatic heterocycles. The number of nitrogens with zero attached hydrogens (tertiary/aromatic N) is 2. The van der Waals surface area contributed by atoms with E-state index in [0.29, 0.717) is 11.4 Å². The van der Waals surface area contributed by atoms with Gasteiger partial charge in [-0.2, -0.15) is 0 Å². The molecule has 1 N–H and O–H groups in total. The Kier molecular flexibility index (Phi) is 3.75. The first-order chi connectivity index (χ1) is 9.08. The topological polar surface area (TPSA) is 64.0 Å². The molecule has 0 bridgehead atoms. The smallest absolute Gasteiger partial charge is 0.245 e. The fourth-order valence-corrected chi connectivity index (χ4v) is 1.87. The van der Waals surface area contributed by atoms with Gasteiger partial charge < -0.3 is 9.88 Å². The molecule has 0 unspecified atom stereocenters. The molecule has 0 aliphatic carbocycles. The zero-order chi connectivity index (χ0) is 13.8. The van der Waals surface area contributed by atoms with Gasteiger partial charge in [-0.05, 0) is 32.0 Å². The first-order valence-electron chi connectivity index (χ1n) is 5.95. The van der Waals surface area contributed by atoms with Gasteiger partial charge in [0.05, 0.1) is 0 Å². The zero-order valence-electron chi connectivity index (χ0n) is 10.9. The van der Waals surface area contributed by atoms with Crippen molar-refractivity contribution >= 4 is 17.5 Å². The van der Waals surface area contributed by atoms with Crippen molar-refractivity contribution < 1.29 is 9.59 Å². The number of Topliss-reactive ketones (excluding diaryl/α,β-unsaturated/α-hetero) is 1. The quantitative estimate of drug-likeness (QED) is 0.852. The van der Waals surface area contributed by atoms with Crippen molar-refractivity contribution in [3.05, 3.63) is 47.9 Å². The average molecular weight is 257 g/mol. The predicted octanol–water partition coefficient (Wildman–Crippen LogP) is 2.03. The maximum atomic E-state index is 11.9. The second-order valence-electron chi connectivity index (χ2n) is 4.26. The Balaban J connectivity index is 2.05. The van der Waals surface area contributed by atoms with Gasteiger partial charge in [-0.25, -0.2) is 4.98 Å². The molecule has 98 valence electrons. The molecule has 0 saturated carbocycles. The van der Waals surface area contributed by atoms with Crippen molar-refractivity contribution in [2.24, 2.45) is 0 Å². The van der Waals surface area contributed by atoms with Crippen LogP contribution in [0, 0.1) is 6.92 Å². The van der Waals surface area contributed by atoms with Gasteiger partial charge in [-0.15, -0.1) is 0 Å². The summed E-state index contributed by atoms with van der Waals surface area (Å²) in [6.45, 7) is 3.50. The Hall–Kier alpha value is -2.43. The first-order valence-corrected chi connectivity index (χ1v) is 5.95. The molecule has 2 heterocycles. The van der Waals surface area contributed by atoms with Gasteiger partial charge >= 0.3 is 0 Å². The number of carbonyl (C=O) groups excluding carboxylic acids is 2. The molecule has 2 aromatic rings. The number of ketones is 1. The fourth-order valence-electron chi connectivity index (χ4n) is 1.87. The Morgan fingerprint density at radius 3 is 2.68 bits per heavy atom. The molecule has 2 rings (SSSR count). The highest BCUT2D eigenvalue weighted by atomic mass is 16.2. The van der Waals surface area contributed by atoms with Crippen LogP contribution in [-0.4, -0.2) is 21.2 Å². The number of nitrogens with one attached hydrogen (secondary N) is 1. The van der Waals surface area contributed by atoms with Crippen LogP contribution in [0.5, 0.6) is 0 Å². The minimum absolute atomic E-state index is 0.00128. The number of hydrogen-bond donors (Lipinski definition) is 1. The van der Waals surface area contributed by atoms with Crippen molar-refractivity contribution in [1.82, 2.24) is 9.55 Å². The van der Waals surface area contributed by atoms with Crippen LogP contribution in [0.1, 0.15) is 23.0 Å². The summed E-state index contributed by atoms with van der Waals surface area (Å²) in [5.41, 5.74) is 1.44. The lowest BCUT2D eigenvalue weighted by Gasteiger charge is -2.07. The third kappa shape index (κ3) is 3.07. The van der Waals surface area contributed by atoms with E-state index in [9.17, 15) is 9.59 Å². The Bertz CT molecular complexity index is 602. The zero-order valence-corrected chi connectivity index (χ0v) is 10.9. The van der Waals surface area contributed by atoms with E-state index in [4.69, 9.17) is 0 Å². The number of anilines is 1. The summed E-state index contributed by atoms with van der Waals surface area (Å²) >= 11 is 0. The number of pyridine rings is 1. The number of carbonyl (C=O) groups is 2. The molecule has 0 atom stereocenters. The molecule has 0 fully saturated rings. The molecule has 0 aliphatic heterocycles. The van der Waals surface area contributed by atoms with Gasteiger partial charge in [-0.1, -0.05) is 6.07 Å². The monoisotopic (exact) mass is 257 g/mol. The van der Waals surface area contributed by atoms with Crippen LogP contribution in [0.4, 0.5) is 5.82 Å². The van der Waals surface area contributed by atoms with Crippen LogP contribution in [0.3, 0.4) is 0 Å². The highest BCUT2D eigenvalue weighted by Crippen LogP contribution is 2.11. The first kappa shape index (κ1) is 13.0. The van der Waals surface area contributed by atoms with E-state index in [2.05, 4.69) is 10.3 Å². The summed E-state index contributed by atoms with van der Waals surface area (Å²) in [6, 6.07) is 7.04. The molecule has 19 heavy (non-hydrogen) atoms. The van der Waals surface area contributed by atoms with Crippen LogP contribution in [-0.2, 0) is 11.3 Å². The van der Waals surface area contributed by atoms with E-state index in [1.165, 1.54) is 6.92 Å². The Morgan fingerprint density at radius 2 is 2.11 bits per heavy atom. The van der Waals surface area contributed by atoms with Crippen molar-refractivity contribution in [2.45, 2.75) is 20.4 Å². The van der Waals surface area contributed by atoms with E-state index >= 15 is 0 Å². The molecule has 5 heteroatoms. The highest BCUT2D eigenvalue weighted by Gasteiger charge is 2.11. The largest absolute Gasteiger partial charge is 0.342 e. The number of aromatic nitrogens is 2. The van der Waals surface area contributed by atoms with Gasteiger partial charge in [0.25, 0.3) is 0 Å². The Morgan fingerprint density at radius 1 is 1.32 bits per heavy atom. The van der Waals surface area contributed by atoms with Crippen LogP contribution in [0.2, 0.25) is 0 Å². The van der Waals surface area contributed by atoms with E-state index in [1.54, 1.807) is 41.2 Å². The summed E-state index contributed by atoms with van der Waals surface area (Å²) in [4.78, 5) is 27.2. The lowest BCUT2D eigenvalue weighted by Crippen LogP contribution is -2.19. The third-order valence-corrected chi connectivity index (χ3v) is 2.87. The highest BCUT2D eigenvalue weighted by molar-refractivity contribution is 5.95. The van der Waals surface area contributed by atoms with Crippen molar-refractivity contribution in [2.75, 3.05) is 5.32 Å². The summed E-state index contributed by atoms with van der Waals surface area (Å²) in [5.74, 6) is 0.345. The summed E-state index contributed by atoms with van der Waals surface area (Å²) in [6.07, 6.45) is 3.36. The van der Waals surface area contributed by atoms with Gasteiger partial charge in [0.15, 0.2) is 5.78 Å². The normalized spacial score (nSPS) is 10.2. The lowest BCUT2D eigenvalue weighted by molar-refractivity contribution is -0.116. The fraction of sp³-hybridized carbons (Fsp3) is 0.214. The Labute approximate surface area is 111 Å². The van der Waals surface area contributed by atoms with Crippen molar-refractivity contribution in [3.8, 4) is 0 Å². The molecular weight excluding hydrogens is 242 g/mol. The molecular formula is C14H15N3O2. The molecule has 0 spiro atoms. The van der Waals surface area contributed by atoms with E-state index in [1.807, 2.05) is 6.92 Å².